The molecule has 1 saturated heterocycles. The van der Waals surface area contributed by atoms with Gasteiger partial charge in [0.2, 0.25) is 0 Å². The molecule has 26 heavy (non-hydrogen) atoms. The summed E-state index contributed by atoms with van der Waals surface area (Å²) in [6, 6.07) is 6.48. The van der Waals surface area contributed by atoms with Crippen LogP contribution in [-0.4, -0.2) is 39.7 Å². The van der Waals surface area contributed by atoms with Crippen LogP contribution in [0.1, 0.15) is 35.3 Å². The summed E-state index contributed by atoms with van der Waals surface area (Å²) in [5, 5.41) is 6.50. The molecule has 8 heteroatoms. The minimum atomic E-state index is -4.41. The zero-order valence-electron chi connectivity index (χ0n) is 13.9. The fourth-order valence-corrected chi connectivity index (χ4v) is 4.08. The van der Waals surface area contributed by atoms with Crippen molar-refractivity contribution in [1.82, 2.24) is 15.1 Å². The third kappa shape index (κ3) is 3.04. The van der Waals surface area contributed by atoms with Crippen molar-refractivity contribution < 1.29 is 22.7 Å². The third-order valence-corrected chi connectivity index (χ3v) is 5.29. The summed E-state index contributed by atoms with van der Waals surface area (Å²) in [7, 11) is 0. The second kappa shape index (κ2) is 6.34. The third-order valence-electron chi connectivity index (χ3n) is 5.29. The maximum absolute atomic E-state index is 12.8. The predicted octanol–water partition coefficient (Wildman–Crippen LogP) is 3.50. The Morgan fingerprint density at radius 3 is 2.88 bits per heavy atom. The summed E-state index contributed by atoms with van der Waals surface area (Å²) < 4.78 is 44.2. The summed E-state index contributed by atoms with van der Waals surface area (Å²) in [5.74, 6) is 0.349. The second-order valence-electron chi connectivity index (χ2n) is 6.81. The summed E-state index contributed by atoms with van der Waals surface area (Å²) >= 11 is 0. The lowest BCUT2D eigenvalue weighted by Gasteiger charge is -2.34. The molecular weight excluding hydrogens is 347 g/mol. The van der Waals surface area contributed by atoms with E-state index < -0.39 is 11.7 Å². The van der Waals surface area contributed by atoms with Crippen LogP contribution in [0.15, 0.2) is 36.5 Å². The van der Waals surface area contributed by atoms with E-state index in [1.54, 1.807) is 6.07 Å². The number of aromatic amines is 1. The quantitative estimate of drug-likeness (QED) is 0.902. The Morgan fingerprint density at radius 1 is 1.31 bits per heavy atom. The highest BCUT2D eigenvalue weighted by Gasteiger charge is 2.48. The maximum atomic E-state index is 12.8. The molecule has 2 unspecified atom stereocenters. The fraction of sp³-hybridized carbons (Fsp3) is 0.444. The van der Waals surface area contributed by atoms with Crippen molar-refractivity contribution in [1.29, 1.82) is 0 Å². The number of piperidine rings is 1. The van der Waals surface area contributed by atoms with Crippen LogP contribution >= 0.6 is 0 Å². The molecule has 1 aromatic carbocycles. The van der Waals surface area contributed by atoms with Crippen LogP contribution in [0.5, 0.6) is 5.75 Å². The van der Waals surface area contributed by atoms with Gasteiger partial charge in [0.15, 0.2) is 0 Å². The lowest BCUT2D eigenvalue weighted by molar-refractivity contribution is -0.137. The van der Waals surface area contributed by atoms with Gasteiger partial charge in [-0.1, -0.05) is 6.07 Å². The van der Waals surface area contributed by atoms with Gasteiger partial charge in [0.25, 0.3) is 5.91 Å². The minimum absolute atomic E-state index is 0.132. The van der Waals surface area contributed by atoms with Crippen LogP contribution < -0.4 is 4.74 Å². The van der Waals surface area contributed by atoms with E-state index in [1.807, 2.05) is 4.90 Å². The maximum Gasteiger partial charge on any atom is 0.416 e. The Labute approximate surface area is 148 Å². The highest BCUT2D eigenvalue weighted by atomic mass is 19.4. The minimum Gasteiger partial charge on any atom is -0.491 e. The molecule has 2 aromatic rings. The number of ether oxygens (including phenoxy) is 1. The van der Waals surface area contributed by atoms with Crippen LogP contribution in [0.25, 0.3) is 0 Å². The average molecular weight is 365 g/mol. The van der Waals surface area contributed by atoms with Crippen molar-refractivity contribution >= 4 is 5.91 Å². The molecule has 4 rings (SSSR count). The number of nitrogens with zero attached hydrogens (tertiary/aromatic N) is 2. The number of amides is 1. The smallest absolute Gasteiger partial charge is 0.416 e. The SMILES string of the molecule is O=C(c1ccn[nH]1)N1C2CCC(C2)[C@H]1COc1cccc(C(F)(F)F)c1. The molecule has 1 aliphatic carbocycles. The summed E-state index contributed by atoms with van der Waals surface area (Å²) in [4.78, 5) is 14.6. The number of hydrogen-bond donors (Lipinski definition) is 1. The molecule has 2 bridgehead atoms. The van der Waals surface area contributed by atoms with E-state index in [4.69, 9.17) is 4.74 Å². The molecule has 1 N–H and O–H groups in total. The molecule has 2 heterocycles. The van der Waals surface area contributed by atoms with Crippen LogP contribution in [0.3, 0.4) is 0 Å². The van der Waals surface area contributed by atoms with Crippen molar-refractivity contribution in [2.45, 2.75) is 37.5 Å². The molecule has 1 amide bonds. The Kier molecular flexibility index (Phi) is 4.13. The van der Waals surface area contributed by atoms with Crippen molar-refractivity contribution in [3.8, 4) is 5.75 Å². The first-order valence-electron chi connectivity index (χ1n) is 8.55. The molecule has 0 radical (unpaired) electrons. The molecule has 2 fully saturated rings. The van der Waals surface area contributed by atoms with E-state index in [9.17, 15) is 18.0 Å². The van der Waals surface area contributed by atoms with Gasteiger partial charge in [-0.3, -0.25) is 9.89 Å². The molecule has 5 nitrogen and oxygen atoms in total. The van der Waals surface area contributed by atoms with E-state index in [0.717, 1.165) is 31.4 Å². The van der Waals surface area contributed by atoms with Gasteiger partial charge in [-0.2, -0.15) is 18.3 Å². The van der Waals surface area contributed by atoms with Gasteiger partial charge in [0, 0.05) is 12.2 Å². The molecular formula is C18H18F3N3O2. The molecule has 1 saturated carbocycles. The first-order valence-corrected chi connectivity index (χ1v) is 8.55. The van der Waals surface area contributed by atoms with E-state index in [0.29, 0.717) is 11.6 Å². The van der Waals surface area contributed by atoms with Crippen LogP contribution in [-0.2, 0) is 6.18 Å². The number of hydrogen-bond acceptors (Lipinski definition) is 3. The van der Waals surface area contributed by atoms with E-state index in [-0.39, 0.29) is 30.3 Å². The number of carbonyl (C=O) groups excluding carboxylic acids is 1. The molecule has 2 aliphatic rings. The fourth-order valence-electron chi connectivity index (χ4n) is 4.08. The van der Waals surface area contributed by atoms with E-state index in [2.05, 4.69) is 10.2 Å². The Morgan fingerprint density at radius 2 is 2.15 bits per heavy atom. The Bertz CT molecular complexity index is 791. The van der Waals surface area contributed by atoms with Gasteiger partial charge in [0.1, 0.15) is 18.1 Å². The number of likely N-dealkylation sites (tertiary alicyclic amines) is 1. The monoisotopic (exact) mass is 365 g/mol. The largest absolute Gasteiger partial charge is 0.491 e. The first kappa shape index (κ1) is 16.9. The number of rotatable bonds is 4. The van der Waals surface area contributed by atoms with Crippen LogP contribution in [0.4, 0.5) is 13.2 Å². The molecule has 0 spiro atoms. The average Bonchev–Trinajstić information content (AvgIpc) is 3.35. The summed E-state index contributed by atoms with van der Waals surface area (Å²) in [5.41, 5.74) is -0.324. The number of aromatic nitrogens is 2. The van der Waals surface area contributed by atoms with Gasteiger partial charge < -0.3 is 9.64 Å². The van der Waals surface area contributed by atoms with Crippen molar-refractivity contribution in [3.63, 3.8) is 0 Å². The standard InChI is InChI=1S/C18H18F3N3O2/c19-18(20,21)12-2-1-3-14(9-12)26-10-16-11-4-5-13(8-11)24(16)17(25)15-6-7-22-23-15/h1-3,6-7,9,11,13,16H,4-5,8,10H2,(H,22,23)/t11?,13?,16-/m1/s1. The lowest BCUT2D eigenvalue weighted by atomic mass is 9.99. The van der Waals surface area contributed by atoms with Crippen LogP contribution in [0, 0.1) is 5.92 Å². The first-order chi connectivity index (χ1) is 12.4. The molecule has 3 atom stereocenters. The highest BCUT2D eigenvalue weighted by molar-refractivity contribution is 5.93. The zero-order chi connectivity index (χ0) is 18.3. The van der Waals surface area contributed by atoms with Crippen molar-refractivity contribution in [3.05, 3.63) is 47.8 Å². The number of H-pyrrole nitrogens is 1. The summed E-state index contributed by atoms with van der Waals surface area (Å²) in [6.07, 6.45) is -0.0146. The molecule has 1 aliphatic heterocycles. The van der Waals surface area contributed by atoms with Gasteiger partial charge in [-0.25, -0.2) is 0 Å². The van der Waals surface area contributed by atoms with E-state index >= 15 is 0 Å². The molecule has 1 aromatic heterocycles. The Hall–Kier alpha value is -2.51. The number of alkyl halides is 3. The highest BCUT2D eigenvalue weighted by Crippen LogP contribution is 2.43. The zero-order valence-corrected chi connectivity index (χ0v) is 13.9. The van der Waals surface area contributed by atoms with Gasteiger partial charge >= 0.3 is 6.18 Å². The second-order valence-corrected chi connectivity index (χ2v) is 6.81. The topological polar surface area (TPSA) is 58.2 Å². The Balaban J connectivity index is 1.49. The summed E-state index contributed by atoms with van der Waals surface area (Å²) in [6.45, 7) is 0.183. The van der Waals surface area contributed by atoms with Gasteiger partial charge in [-0.15, -0.1) is 0 Å². The molecule has 138 valence electrons. The lowest BCUT2D eigenvalue weighted by Crippen LogP contribution is -2.48. The number of nitrogens with one attached hydrogen (secondary N) is 1. The normalized spacial score (nSPS) is 24.9. The van der Waals surface area contributed by atoms with Gasteiger partial charge in [0.05, 0.1) is 11.6 Å². The number of benzene rings is 1. The van der Waals surface area contributed by atoms with E-state index in [1.165, 1.54) is 18.3 Å². The van der Waals surface area contributed by atoms with Crippen molar-refractivity contribution in [2.75, 3.05) is 6.61 Å². The number of halogens is 3. The predicted molar refractivity (Wildman–Crippen MR) is 86.6 cm³/mol. The van der Waals surface area contributed by atoms with Crippen LogP contribution in [0.2, 0.25) is 0 Å². The number of fused-ring (bicyclic) bond motifs is 2. The van der Waals surface area contributed by atoms with Gasteiger partial charge in [-0.05, 0) is 49.4 Å². The van der Waals surface area contributed by atoms with Crippen molar-refractivity contribution in [2.24, 2.45) is 5.92 Å². The number of carbonyl (C=O) groups is 1.